The zero-order chi connectivity index (χ0) is 15.8. The lowest BCUT2D eigenvalue weighted by molar-refractivity contribution is -0.158. The van der Waals surface area contributed by atoms with E-state index in [1.165, 1.54) is 13.8 Å². The van der Waals surface area contributed by atoms with Crippen LogP contribution in [0.4, 0.5) is 0 Å². The summed E-state index contributed by atoms with van der Waals surface area (Å²) in [5, 5.41) is 18.3. The van der Waals surface area contributed by atoms with E-state index in [4.69, 9.17) is 14.6 Å². The highest BCUT2D eigenvalue weighted by atomic mass is 16.5. The molecule has 0 aromatic heterocycles. The largest absolute Gasteiger partial charge is 0.465 e. The van der Waals surface area contributed by atoms with E-state index in [1.807, 2.05) is 0 Å². The summed E-state index contributed by atoms with van der Waals surface area (Å²) < 4.78 is 10.1. The van der Waals surface area contributed by atoms with Crippen LogP contribution in [0.15, 0.2) is 12.2 Å². The Hall–Kier alpha value is -1.40. The molecule has 0 amide bonds. The fraction of sp³-hybridized carbons (Fsp3) is 0.714. The number of carbonyl (C=O) groups excluding carboxylic acids is 2. The fourth-order valence-electron chi connectivity index (χ4n) is 1.23. The van der Waals surface area contributed by atoms with Crippen LogP contribution in [-0.4, -0.2) is 48.6 Å². The number of ether oxygens (including phenoxy) is 2. The molecule has 116 valence electrons. The minimum Gasteiger partial charge on any atom is -0.465 e. The molecule has 0 saturated heterocycles. The van der Waals surface area contributed by atoms with E-state index >= 15 is 0 Å². The average Bonchev–Trinajstić information content (AvgIpc) is 2.46. The Morgan fingerprint density at radius 3 is 2.20 bits per heavy atom. The summed E-state index contributed by atoms with van der Waals surface area (Å²) in [6.07, 6.45) is 0.466. The SMILES string of the molecule is C=C(C)C(=O)OCC(CC)(CO)COC(=O)C(C)CO. The quantitative estimate of drug-likeness (QED) is 0.478. The van der Waals surface area contributed by atoms with Crippen LogP contribution >= 0.6 is 0 Å². The molecule has 2 unspecified atom stereocenters. The molecule has 0 aliphatic carbocycles. The monoisotopic (exact) mass is 288 g/mol. The van der Waals surface area contributed by atoms with E-state index in [-0.39, 0.29) is 32.0 Å². The summed E-state index contributed by atoms with van der Waals surface area (Å²) in [5.41, 5.74) is -0.575. The van der Waals surface area contributed by atoms with Gasteiger partial charge in [-0.2, -0.15) is 0 Å². The second-order valence-electron chi connectivity index (χ2n) is 5.06. The molecule has 0 fully saturated rings. The Bertz CT molecular complexity index is 346. The van der Waals surface area contributed by atoms with Crippen molar-refractivity contribution in [1.29, 1.82) is 0 Å². The molecule has 0 aliphatic heterocycles. The first-order chi connectivity index (χ1) is 9.31. The Kier molecular flexibility index (Phi) is 8.10. The van der Waals surface area contributed by atoms with Crippen molar-refractivity contribution in [2.24, 2.45) is 11.3 Å². The maximum absolute atomic E-state index is 11.5. The summed E-state index contributed by atoms with van der Waals surface area (Å²) in [6.45, 7) is 7.60. The lowest BCUT2D eigenvalue weighted by Crippen LogP contribution is -2.38. The molecule has 0 radical (unpaired) electrons. The molecule has 20 heavy (non-hydrogen) atoms. The maximum Gasteiger partial charge on any atom is 0.333 e. The van der Waals surface area contributed by atoms with Gasteiger partial charge in [0.15, 0.2) is 0 Å². The molecule has 0 heterocycles. The smallest absolute Gasteiger partial charge is 0.333 e. The average molecular weight is 288 g/mol. The first kappa shape index (κ1) is 18.6. The standard InChI is InChI=1S/C14H24O6/c1-5-14(7-16,8-19-12(17)10(2)3)9-20-13(18)11(4)6-15/h11,15-16H,2,5-9H2,1,3-4H3. The second kappa shape index (κ2) is 8.71. The number of aliphatic hydroxyl groups is 2. The summed E-state index contributed by atoms with van der Waals surface area (Å²) in [6, 6.07) is 0. The van der Waals surface area contributed by atoms with Gasteiger partial charge in [0, 0.05) is 5.57 Å². The number of esters is 2. The van der Waals surface area contributed by atoms with Gasteiger partial charge in [0.2, 0.25) is 0 Å². The summed E-state index contributed by atoms with van der Waals surface area (Å²) >= 11 is 0. The van der Waals surface area contributed by atoms with E-state index in [9.17, 15) is 14.7 Å². The third-order valence-corrected chi connectivity index (χ3v) is 3.14. The maximum atomic E-state index is 11.5. The van der Waals surface area contributed by atoms with Gasteiger partial charge in [0.25, 0.3) is 0 Å². The van der Waals surface area contributed by atoms with Crippen LogP contribution in [0.1, 0.15) is 27.2 Å². The third kappa shape index (κ3) is 5.71. The Morgan fingerprint density at radius 1 is 1.25 bits per heavy atom. The highest BCUT2D eigenvalue weighted by Crippen LogP contribution is 2.23. The van der Waals surface area contributed by atoms with Crippen molar-refractivity contribution < 1.29 is 29.3 Å². The minimum absolute atomic E-state index is 0.0630. The molecule has 0 rings (SSSR count). The van der Waals surface area contributed by atoms with Crippen molar-refractivity contribution in [3.05, 3.63) is 12.2 Å². The minimum atomic E-state index is -0.837. The van der Waals surface area contributed by atoms with Gasteiger partial charge >= 0.3 is 11.9 Å². The Morgan fingerprint density at radius 2 is 1.80 bits per heavy atom. The molecule has 0 bridgehead atoms. The van der Waals surface area contributed by atoms with Crippen LogP contribution in [0.5, 0.6) is 0 Å². The van der Waals surface area contributed by atoms with E-state index in [1.54, 1.807) is 6.92 Å². The van der Waals surface area contributed by atoms with Crippen molar-refractivity contribution in [2.75, 3.05) is 26.4 Å². The van der Waals surface area contributed by atoms with Crippen molar-refractivity contribution in [3.63, 3.8) is 0 Å². The molecule has 2 N–H and O–H groups in total. The first-order valence-corrected chi connectivity index (χ1v) is 6.53. The summed E-state index contributed by atoms with van der Waals surface area (Å²) in [7, 11) is 0. The predicted molar refractivity (Wildman–Crippen MR) is 72.8 cm³/mol. The van der Waals surface area contributed by atoms with Crippen LogP contribution in [-0.2, 0) is 19.1 Å². The molecule has 0 saturated carbocycles. The van der Waals surface area contributed by atoms with Crippen LogP contribution in [0.2, 0.25) is 0 Å². The molecular weight excluding hydrogens is 264 g/mol. The zero-order valence-corrected chi connectivity index (χ0v) is 12.3. The van der Waals surface area contributed by atoms with Gasteiger partial charge in [-0.25, -0.2) is 4.79 Å². The Labute approximate surface area is 119 Å². The second-order valence-corrected chi connectivity index (χ2v) is 5.06. The number of hydrogen-bond donors (Lipinski definition) is 2. The van der Waals surface area contributed by atoms with Crippen LogP contribution in [0.3, 0.4) is 0 Å². The van der Waals surface area contributed by atoms with E-state index < -0.39 is 23.3 Å². The van der Waals surface area contributed by atoms with Crippen LogP contribution in [0.25, 0.3) is 0 Å². The van der Waals surface area contributed by atoms with Crippen LogP contribution < -0.4 is 0 Å². The molecule has 6 nitrogen and oxygen atoms in total. The van der Waals surface area contributed by atoms with Gasteiger partial charge < -0.3 is 19.7 Å². The molecule has 0 aliphatic rings. The molecule has 0 aromatic rings. The number of hydrogen-bond acceptors (Lipinski definition) is 6. The van der Waals surface area contributed by atoms with E-state index in [0.29, 0.717) is 6.42 Å². The van der Waals surface area contributed by atoms with Crippen molar-refractivity contribution >= 4 is 11.9 Å². The molecule has 6 heteroatoms. The summed E-state index contributed by atoms with van der Waals surface area (Å²) in [4.78, 5) is 22.9. The van der Waals surface area contributed by atoms with Crippen molar-refractivity contribution in [1.82, 2.24) is 0 Å². The molecule has 0 spiro atoms. The third-order valence-electron chi connectivity index (χ3n) is 3.14. The topological polar surface area (TPSA) is 93.1 Å². The van der Waals surface area contributed by atoms with Gasteiger partial charge in [-0.3, -0.25) is 4.79 Å². The summed E-state index contributed by atoms with van der Waals surface area (Å²) in [5.74, 6) is -1.72. The van der Waals surface area contributed by atoms with Crippen LogP contribution in [0, 0.1) is 11.3 Å². The predicted octanol–water partition coefficient (Wildman–Crippen LogP) is 0.666. The van der Waals surface area contributed by atoms with Gasteiger partial charge in [-0.15, -0.1) is 0 Å². The Balaban J connectivity index is 4.56. The van der Waals surface area contributed by atoms with Gasteiger partial charge in [-0.05, 0) is 20.3 Å². The van der Waals surface area contributed by atoms with Crippen molar-refractivity contribution in [3.8, 4) is 0 Å². The van der Waals surface area contributed by atoms with E-state index in [2.05, 4.69) is 6.58 Å². The van der Waals surface area contributed by atoms with Crippen molar-refractivity contribution in [2.45, 2.75) is 27.2 Å². The highest BCUT2D eigenvalue weighted by molar-refractivity contribution is 5.86. The highest BCUT2D eigenvalue weighted by Gasteiger charge is 2.32. The number of aliphatic hydroxyl groups excluding tert-OH is 2. The zero-order valence-electron chi connectivity index (χ0n) is 12.3. The lowest BCUT2D eigenvalue weighted by Gasteiger charge is -2.29. The number of carbonyl (C=O) groups is 2. The van der Waals surface area contributed by atoms with Gasteiger partial charge in [0.05, 0.1) is 24.5 Å². The number of rotatable bonds is 9. The lowest BCUT2D eigenvalue weighted by atomic mass is 9.88. The van der Waals surface area contributed by atoms with Gasteiger partial charge in [-0.1, -0.05) is 13.5 Å². The van der Waals surface area contributed by atoms with E-state index in [0.717, 1.165) is 0 Å². The molecule has 0 aromatic carbocycles. The fourth-order valence-corrected chi connectivity index (χ4v) is 1.23. The first-order valence-electron chi connectivity index (χ1n) is 6.53. The molecule has 2 atom stereocenters. The molecular formula is C14H24O6. The normalized spacial score (nSPS) is 15.1. The van der Waals surface area contributed by atoms with Gasteiger partial charge in [0.1, 0.15) is 13.2 Å².